The minimum Gasteiger partial charge on any atom is -0.382 e. The second-order valence-corrected chi connectivity index (χ2v) is 10.3. The second-order valence-electron chi connectivity index (χ2n) is 10.3. The maximum absolute atomic E-state index is 13.3. The molecular weight excluding hydrogens is 644 g/mol. The minimum absolute atomic E-state index is 0.128. The lowest BCUT2D eigenvalue weighted by Gasteiger charge is -2.26. The highest BCUT2D eigenvalue weighted by atomic mass is 19.4. The molecular formula is C28H29F6N7O6. The molecule has 0 aliphatic carbocycles. The van der Waals surface area contributed by atoms with Crippen molar-refractivity contribution < 1.29 is 55.4 Å². The van der Waals surface area contributed by atoms with Gasteiger partial charge in [-0.2, -0.15) is 26.3 Å². The van der Waals surface area contributed by atoms with E-state index in [1.54, 1.807) is 30.3 Å². The molecule has 3 atom stereocenters. The maximum Gasteiger partial charge on any atom is 0.442 e. The van der Waals surface area contributed by atoms with E-state index >= 15 is 0 Å². The van der Waals surface area contributed by atoms with E-state index in [-0.39, 0.29) is 12.0 Å². The topological polar surface area (TPSA) is 204 Å². The van der Waals surface area contributed by atoms with E-state index in [1.165, 1.54) is 12.1 Å². The summed E-state index contributed by atoms with van der Waals surface area (Å²) in [6.07, 6.45) is -14.4. The van der Waals surface area contributed by atoms with Gasteiger partial charge in [-0.05, 0) is 24.1 Å². The van der Waals surface area contributed by atoms with Gasteiger partial charge >= 0.3 is 18.0 Å². The predicted molar refractivity (Wildman–Crippen MR) is 149 cm³/mol. The molecule has 47 heavy (non-hydrogen) atoms. The number of nitrogens with two attached hydrogens (primary N) is 1. The second kappa shape index (κ2) is 15.0. The first-order valence-electron chi connectivity index (χ1n) is 13.8. The molecule has 254 valence electrons. The van der Waals surface area contributed by atoms with Crippen LogP contribution < -0.4 is 27.0 Å². The zero-order valence-electron chi connectivity index (χ0n) is 24.2. The van der Waals surface area contributed by atoms with Crippen molar-refractivity contribution in [2.45, 2.75) is 55.5 Å². The molecule has 0 aromatic heterocycles. The summed E-state index contributed by atoms with van der Waals surface area (Å²) >= 11 is 0. The summed E-state index contributed by atoms with van der Waals surface area (Å²) in [6, 6.07) is 9.24. The average Bonchev–Trinajstić information content (AvgIpc) is 3.83. The van der Waals surface area contributed by atoms with Gasteiger partial charge in [0.1, 0.15) is 6.04 Å². The van der Waals surface area contributed by atoms with Gasteiger partial charge in [0.05, 0.1) is 19.1 Å². The third kappa shape index (κ3) is 10.2. The molecule has 1 heterocycles. The molecule has 19 heteroatoms. The van der Waals surface area contributed by atoms with E-state index in [1.807, 2.05) is 5.32 Å². The zero-order valence-corrected chi connectivity index (χ0v) is 24.2. The van der Waals surface area contributed by atoms with Gasteiger partial charge in [0, 0.05) is 24.0 Å². The third-order valence-corrected chi connectivity index (χ3v) is 6.75. The Morgan fingerprint density at radius 2 is 1.47 bits per heavy atom. The number of aliphatic hydroxyl groups excluding tert-OH is 1. The van der Waals surface area contributed by atoms with Crippen molar-refractivity contribution in [1.82, 2.24) is 21.3 Å². The number of amides is 5. The van der Waals surface area contributed by atoms with Crippen molar-refractivity contribution >= 4 is 29.5 Å². The number of carbonyl (C=O) groups is 5. The number of hydrogen-bond acceptors (Lipinski definition) is 8. The van der Waals surface area contributed by atoms with Gasteiger partial charge < -0.3 is 32.1 Å². The summed E-state index contributed by atoms with van der Waals surface area (Å²) in [5, 5.41) is 24.4. The van der Waals surface area contributed by atoms with Crippen LogP contribution in [0.4, 0.5) is 26.3 Å². The molecule has 7 N–H and O–H groups in total. The fraction of sp³-hybridized carbons (Fsp3) is 0.393. The van der Waals surface area contributed by atoms with Gasteiger partial charge in [-0.1, -0.05) is 42.5 Å². The first-order chi connectivity index (χ1) is 21.9. The zero-order chi connectivity index (χ0) is 35.0. The van der Waals surface area contributed by atoms with Crippen LogP contribution in [0.1, 0.15) is 34.3 Å². The maximum atomic E-state index is 13.3. The fourth-order valence-electron chi connectivity index (χ4n) is 4.27. The summed E-state index contributed by atoms with van der Waals surface area (Å²) in [6.45, 7) is -1.61. The van der Waals surface area contributed by atoms with Crippen LogP contribution in [0.3, 0.4) is 0 Å². The van der Waals surface area contributed by atoms with Crippen LogP contribution >= 0.6 is 0 Å². The highest BCUT2D eigenvalue weighted by Crippen LogP contribution is 2.52. The Balaban J connectivity index is 1.62. The van der Waals surface area contributed by atoms with E-state index in [9.17, 15) is 55.4 Å². The van der Waals surface area contributed by atoms with E-state index in [4.69, 9.17) is 5.73 Å². The summed E-state index contributed by atoms with van der Waals surface area (Å²) in [5.41, 5.74) is 2.09. The average molecular weight is 674 g/mol. The van der Waals surface area contributed by atoms with Crippen LogP contribution in [0.5, 0.6) is 0 Å². The van der Waals surface area contributed by atoms with Crippen LogP contribution in [0.15, 0.2) is 64.8 Å². The Bertz CT molecular complexity index is 1500. The SMILES string of the molecule is NC(=O)CCC(NC(=O)CNC(=O)[C@H](Cc1ccccc1)NC(=O)CNC(=O)c1cccc(C2(C(F)(F)F)N=N2)c1)C(O)C(F)(F)F. The first-order valence-corrected chi connectivity index (χ1v) is 13.8. The minimum atomic E-state index is -5.14. The monoisotopic (exact) mass is 673 g/mol. The smallest absolute Gasteiger partial charge is 0.382 e. The van der Waals surface area contributed by atoms with Gasteiger partial charge in [-0.3, -0.25) is 24.0 Å². The summed E-state index contributed by atoms with van der Waals surface area (Å²) in [5.74, 6) is -4.91. The molecule has 1 aliphatic heterocycles. The van der Waals surface area contributed by atoms with Crippen molar-refractivity contribution in [3.63, 3.8) is 0 Å². The molecule has 0 spiro atoms. The van der Waals surface area contributed by atoms with Crippen molar-refractivity contribution in [2.24, 2.45) is 16.0 Å². The van der Waals surface area contributed by atoms with Crippen LogP contribution in [-0.2, 0) is 31.3 Å². The van der Waals surface area contributed by atoms with Crippen LogP contribution in [-0.4, -0.2) is 78.3 Å². The molecule has 13 nitrogen and oxygen atoms in total. The Morgan fingerprint density at radius 1 is 0.851 bits per heavy atom. The number of primary amides is 1. The molecule has 0 fully saturated rings. The van der Waals surface area contributed by atoms with Gasteiger partial charge in [0.2, 0.25) is 23.6 Å². The molecule has 3 rings (SSSR count). The van der Waals surface area contributed by atoms with Crippen molar-refractivity contribution in [3.05, 3.63) is 71.3 Å². The lowest BCUT2D eigenvalue weighted by molar-refractivity contribution is -0.212. The van der Waals surface area contributed by atoms with Gasteiger partial charge in [0.25, 0.3) is 5.91 Å². The van der Waals surface area contributed by atoms with Crippen LogP contribution in [0, 0.1) is 0 Å². The number of nitrogens with zero attached hydrogens (tertiary/aromatic N) is 2. The number of rotatable bonds is 15. The number of hydrogen-bond donors (Lipinski definition) is 6. The number of carbonyl (C=O) groups excluding carboxylic acids is 5. The Hall–Kier alpha value is -5.07. The lowest BCUT2D eigenvalue weighted by Crippen LogP contribution is -2.54. The highest BCUT2D eigenvalue weighted by Gasteiger charge is 2.65. The number of benzene rings is 2. The number of halogens is 6. The summed E-state index contributed by atoms with van der Waals surface area (Å²) in [7, 11) is 0. The molecule has 0 radical (unpaired) electrons. The first kappa shape index (κ1) is 36.4. The number of nitrogens with one attached hydrogen (secondary N) is 4. The lowest BCUT2D eigenvalue weighted by atomic mass is 10.00. The molecule has 0 saturated carbocycles. The van der Waals surface area contributed by atoms with Crippen molar-refractivity contribution in [1.29, 1.82) is 0 Å². The van der Waals surface area contributed by atoms with E-state index in [0.717, 1.165) is 12.1 Å². The number of aliphatic hydroxyl groups is 1. The van der Waals surface area contributed by atoms with E-state index in [0.29, 0.717) is 5.56 Å². The molecule has 2 aromatic carbocycles. The number of alkyl halides is 6. The fourth-order valence-corrected chi connectivity index (χ4v) is 4.27. The Morgan fingerprint density at radius 3 is 2.04 bits per heavy atom. The molecule has 2 aromatic rings. The molecule has 1 aliphatic rings. The summed E-state index contributed by atoms with van der Waals surface area (Å²) in [4.78, 5) is 61.6. The predicted octanol–water partition coefficient (Wildman–Crippen LogP) is 1.11. The summed E-state index contributed by atoms with van der Waals surface area (Å²) < 4.78 is 79.1. The van der Waals surface area contributed by atoms with E-state index < -0.39 is 97.2 Å². The van der Waals surface area contributed by atoms with Crippen LogP contribution in [0.2, 0.25) is 0 Å². The third-order valence-electron chi connectivity index (χ3n) is 6.75. The molecule has 5 amide bonds. The standard InChI is InChI=1S/C28H29F6N7O6/c29-27(30,31)23(45)18(9-10-20(35)42)38-21(43)14-37-25(47)19(11-15-5-2-1-3-6-15)39-22(44)13-36-24(46)16-7-4-8-17(12-16)26(40-41-26)28(32,33)34/h1-8,12,18-19,23,45H,9-11,13-14H2,(H2,35,42)(H,36,46)(H,37,47)(H,38,43)(H,39,44)/t18?,19-,23?/m0/s1. The van der Waals surface area contributed by atoms with Gasteiger partial charge in [-0.15, -0.1) is 10.2 Å². The Kier molecular flexibility index (Phi) is 11.6. The molecule has 0 bridgehead atoms. The van der Waals surface area contributed by atoms with Crippen LogP contribution in [0.25, 0.3) is 0 Å². The van der Waals surface area contributed by atoms with E-state index in [2.05, 4.69) is 26.2 Å². The quantitative estimate of drug-likeness (QED) is 0.153. The highest BCUT2D eigenvalue weighted by molar-refractivity contribution is 5.97. The van der Waals surface area contributed by atoms with Crippen molar-refractivity contribution in [3.8, 4) is 0 Å². The Labute approximate surface area is 262 Å². The van der Waals surface area contributed by atoms with Gasteiger partial charge in [0.15, 0.2) is 6.10 Å². The molecule has 2 unspecified atom stereocenters. The van der Waals surface area contributed by atoms with Crippen molar-refractivity contribution in [2.75, 3.05) is 13.1 Å². The van der Waals surface area contributed by atoms with Gasteiger partial charge in [-0.25, -0.2) is 0 Å². The largest absolute Gasteiger partial charge is 0.442 e. The normalized spacial score (nSPS) is 15.5. The molecule has 0 saturated heterocycles.